The maximum atomic E-state index is 4.81. The molecule has 0 bridgehead atoms. The van der Waals surface area contributed by atoms with Crippen LogP contribution in [0.15, 0.2) is 36.4 Å². The van der Waals surface area contributed by atoms with Gasteiger partial charge >= 0.3 is 0 Å². The number of likely N-dealkylation sites (tertiary alicyclic amines) is 1. The monoisotopic (exact) mass is 283 g/mol. The van der Waals surface area contributed by atoms with E-state index in [1.807, 2.05) is 0 Å². The molecule has 0 aliphatic carbocycles. The summed E-state index contributed by atoms with van der Waals surface area (Å²) in [4.78, 5) is 7.39. The molecule has 0 saturated carbocycles. The minimum atomic E-state index is 0.671. The van der Waals surface area contributed by atoms with Crippen molar-refractivity contribution in [2.24, 2.45) is 0 Å². The normalized spacial score (nSPS) is 19.4. The molecule has 0 radical (unpaired) electrons. The summed E-state index contributed by atoms with van der Waals surface area (Å²) in [6.45, 7) is 6.63. The highest BCUT2D eigenvalue weighted by atomic mass is 15.2. The van der Waals surface area contributed by atoms with Gasteiger partial charge in [-0.15, -0.1) is 0 Å². The number of nitrogens with one attached hydrogen (secondary N) is 1. The molecule has 2 heterocycles. The standard InChI is InChI=1S/C18H25N3/c1-2-11-19-13-17-7-5-12-21(17)14-16-10-9-15-6-3-4-8-18(15)20-16/h3-4,6,8-10,17,19H,2,5,7,11-14H2,1H3. The van der Waals surface area contributed by atoms with Crippen molar-refractivity contribution >= 4 is 10.9 Å². The molecule has 21 heavy (non-hydrogen) atoms. The minimum Gasteiger partial charge on any atom is -0.315 e. The highest BCUT2D eigenvalue weighted by Crippen LogP contribution is 2.20. The van der Waals surface area contributed by atoms with Gasteiger partial charge in [-0.2, -0.15) is 0 Å². The molecule has 1 saturated heterocycles. The number of fused-ring (bicyclic) bond motifs is 1. The molecule has 1 atom stereocenters. The number of hydrogen-bond donors (Lipinski definition) is 1. The highest BCUT2D eigenvalue weighted by Gasteiger charge is 2.24. The van der Waals surface area contributed by atoms with Crippen molar-refractivity contribution < 1.29 is 0 Å². The molecule has 1 aliphatic heterocycles. The van der Waals surface area contributed by atoms with E-state index in [1.54, 1.807) is 0 Å². The van der Waals surface area contributed by atoms with Crippen LogP contribution in [0, 0.1) is 0 Å². The van der Waals surface area contributed by atoms with Crippen molar-refractivity contribution in [3.05, 3.63) is 42.1 Å². The number of pyridine rings is 1. The Morgan fingerprint density at radius 2 is 2.14 bits per heavy atom. The van der Waals surface area contributed by atoms with Crippen LogP contribution in [0.5, 0.6) is 0 Å². The van der Waals surface area contributed by atoms with Crippen LogP contribution in [0.1, 0.15) is 31.9 Å². The third kappa shape index (κ3) is 3.60. The SMILES string of the molecule is CCCNCC1CCCN1Cc1ccc2ccccc2n1. The molecule has 112 valence electrons. The topological polar surface area (TPSA) is 28.2 Å². The zero-order valence-electron chi connectivity index (χ0n) is 12.9. The first-order valence-corrected chi connectivity index (χ1v) is 8.16. The van der Waals surface area contributed by atoms with Crippen LogP contribution in [0.25, 0.3) is 10.9 Å². The van der Waals surface area contributed by atoms with Crippen molar-refractivity contribution in [1.82, 2.24) is 15.2 Å². The first-order valence-electron chi connectivity index (χ1n) is 8.16. The van der Waals surface area contributed by atoms with Crippen molar-refractivity contribution in [2.45, 2.75) is 38.8 Å². The molecule has 1 aromatic heterocycles. The lowest BCUT2D eigenvalue weighted by Gasteiger charge is -2.24. The number of nitrogens with zero attached hydrogens (tertiary/aromatic N) is 2. The Morgan fingerprint density at radius 3 is 3.05 bits per heavy atom. The number of para-hydroxylation sites is 1. The average Bonchev–Trinajstić information content (AvgIpc) is 2.95. The second kappa shape index (κ2) is 7.01. The van der Waals surface area contributed by atoms with E-state index in [4.69, 9.17) is 4.98 Å². The Hall–Kier alpha value is -1.45. The van der Waals surface area contributed by atoms with Gasteiger partial charge in [0.1, 0.15) is 0 Å². The predicted octanol–water partition coefficient (Wildman–Crippen LogP) is 3.20. The Balaban J connectivity index is 1.66. The lowest BCUT2D eigenvalue weighted by Crippen LogP contribution is -2.37. The molecule has 0 spiro atoms. The van der Waals surface area contributed by atoms with Crippen LogP contribution >= 0.6 is 0 Å². The van der Waals surface area contributed by atoms with Crippen LogP contribution < -0.4 is 5.32 Å². The summed E-state index contributed by atoms with van der Waals surface area (Å²) in [6.07, 6.45) is 3.83. The van der Waals surface area contributed by atoms with Gasteiger partial charge in [-0.05, 0) is 44.5 Å². The van der Waals surface area contributed by atoms with E-state index in [2.05, 4.69) is 53.5 Å². The Labute approximate surface area is 127 Å². The van der Waals surface area contributed by atoms with Crippen LogP contribution in [0.3, 0.4) is 0 Å². The number of aromatic nitrogens is 1. The Kier molecular flexibility index (Phi) is 4.84. The molecular weight excluding hydrogens is 258 g/mol. The van der Waals surface area contributed by atoms with Gasteiger partial charge < -0.3 is 5.32 Å². The first kappa shape index (κ1) is 14.5. The van der Waals surface area contributed by atoms with Crippen molar-refractivity contribution in [3.8, 4) is 0 Å². The van der Waals surface area contributed by atoms with E-state index >= 15 is 0 Å². The summed E-state index contributed by atoms with van der Waals surface area (Å²) >= 11 is 0. The summed E-state index contributed by atoms with van der Waals surface area (Å²) < 4.78 is 0. The second-order valence-electron chi connectivity index (χ2n) is 5.97. The summed E-state index contributed by atoms with van der Waals surface area (Å²) in [5, 5.41) is 4.79. The van der Waals surface area contributed by atoms with E-state index < -0.39 is 0 Å². The van der Waals surface area contributed by atoms with Gasteiger partial charge in [0, 0.05) is 24.5 Å². The van der Waals surface area contributed by atoms with Gasteiger partial charge in [0.25, 0.3) is 0 Å². The van der Waals surface area contributed by atoms with Gasteiger partial charge in [-0.1, -0.05) is 31.2 Å². The summed E-state index contributed by atoms with van der Waals surface area (Å²) in [5.74, 6) is 0. The molecule has 3 rings (SSSR count). The maximum absolute atomic E-state index is 4.81. The van der Waals surface area contributed by atoms with E-state index in [9.17, 15) is 0 Å². The maximum Gasteiger partial charge on any atom is 0.0705 e. The smallest absolute Gasteiger partial charge is 0.0705 e. The van der Waals surface area contributed by atoms with Crippen LogP contribution in [0.2, 0.25) is 0 Å². The fourth-order valence-corrected chi connectivity index (χ4v) is 3.18. The molecule has 1 unspecified atom stereocenters. The molecule has 1 aromatic carbocycles. The quantitative estimate of drug-likeness (QED) is 0.825. The number of hydrogen-bond acceptors (Lipinski definition) is 3. The molecule has 3 nitrogen and oxygen atoms in total. The largest absolute Gasteiger partial charge is 0.315 e. The van der Waals surface area contributed by atoms with E-state index in [0.717, 1.165) is 25.2 Å². The van der Waals surface area contributed by atoms with Crippen molar-refractivity contribution in [2.75, 3.05) is 19.6 Å². The lowest BCUT2D eigenvalue weighted by atomic mass is 10.2. The molecule has 3 heteroatoms. The van der Waals surface area contributed by atoms with Gasteiger partial charge in [0.2, 0.25) is 0 Å². The average molecular weight is 283 g/mol. The molecule has 1 fully saturated rings. The van der Waals surface area contributed by atoms with Gasteiger partial charge in [-0.25, -0.2) is 0 Å². The van der Waals surface area contributed by atoms with Crippen molar-refractivity contribution in [3.63, 3.8) is 0 Å². The minimum absolute atomic E-state index is 0.671. The molecule has 2 aromatic rings. The van der Waals surface area contributed by atoms with Crippen LogP contribution in [-0.2, 0) is 6.54 Å². The number of benzene rings is 1. The predicted molar refractivity (Wildman–Crippen MR) is 88.3 cm³/mol. The summed E-state index contributed by atoms with van der Waals surface area (Å²) in [5.41, 5.74) is 2.30. The lowest BCUT2D eigenvalue weighted by molar-refractivity contribution is 0.237. The zero-order chi connectivity index (χ0) is 14.5. The molecule has 1 aliphatic rings. The van der Waals surface area contributed by atoms with Gasteiger partial charge in [0.15, 0.2) is 0 Å². The van der Waals surface area contributed by atoms with E-state index in [0.29, 0.717) is 6.04 Å². The molecule has 1 N–H and O–H groups in total. The number of rotatable bonds is 6. The summed E-state index contributed by atoms with van der Waals surface area (Å²) in [7, 11) is 0. The van der Waals surface area contributed by atoms with Crippen molar-refractivity contribution in [1.29, 1.82) is 0 Å². The fourth-order valence-electron chi connectivity index (χ4n) is 3.18. The van der Waals surface area contributed by atoms with Gasteiger partial charge in [-0.3, -0.25) is 9.88 Å². The second-order valence-corrected chi connectivity index (χ2v) is 5.97. The first-order chi connectivity index (χ1) is 10.4. The molecule has 0 amide bonds. The molecular formula is C18H25N3. The third-order valence-corrected chi connectivity index (χ3v) is 4.33. The summed E-state index contributed by atoms with van der Waals surface area (Å²) in [6, 6.07) is 13.4. The van der Waals surface area contributed by atoms with Crippen LogP contribution in [0.4, 0.5) is 0 Å². The Bertz CT molecular complexity index is 581. The third-order valence-electron chi connectivity index (χ3n) is 4.33. The van der Waals surface area contributed by atoms with Gasteiger partial charge in [0.05, 0.1) is 11.2 Å². The van der Waals surface area contributed by atoms with Crippen LogP contribution in [-0.4, -0.2) is 35.6 Å². The highest BCUT2D eigenvalue weighted by molar-refractivity contribution is 5.78. The Morgan fingerprint density at radius 1 is 1.24 bits per heavy atom. The van der Waals surface area contributed by atoms with E-state index in [-0.39, 0.29) is 0 Å². The van der Waals surface area contributed by atoms with E-state index in [1.165, 1.54) is 36.9 Å². The fraction of sp³-hybridized carbons (Fsp3) is 0.500. The zero-order valence-corrected chi connectivity index (χ0v) is 12.9.